The zero-order chi connectivity index (χ0) is 9.97. The average molecular weight is 194 g/mol. The van der Waals surface area contributed by atoms with Gasteiger partial charge in [-0.05, 0) is 12.8 Å². The van der Waals surface area contributed by atoms with Gasteiger partial charge in [0.2, 0.25) is 0 Å². The van der Waals surface area contributed by atoms with Crippen LogP contribution in [-0.4, -0.2) is 22.7 Å². The van der Waals surface area contributed by atoms with Crippen LogP contribution in [0.15, 0.2) is 12.4 Å². The van der Waals surface area contributed by atoms with Crippen molar-refractivity contribution in [3.05, 3.63) is 18.0 Å². The molecular weight excluding hydrogens is 180 g/mol. The Balaban J connectivity index is 2.18. The number of nitrogens with zero attached hydrogens (tertiary/aromatic N) is 2. The first kappa shape index (κ1) is 9.40. The third kappa shape index (κ3) is 1.70. The molecule has 0 saturated carbocycles. The molecule has 1 aromatic rings. The minimum absolute atomic E-state index is 0.00653. The molecular formula is C10H14N2O2. The Kier molecular flexibility index (Phi) is 2.63. The molecule has 0 spiro atoms. The Hall–Kier alpha value is -1.16. The van der Waals surface area contributed by atoms with Gasteiger partial charge in [-0.25, -0.2) is 0 Å². The Bertz CT molecular complexity index is 322. The standard InChI is InChI=1S/C10H14N2O2/c1-12-6-9(5-11-12)10-8(7-13)3-2-4-14-10/h5-8,10H,2-4H2,1H3. The zero-order valence-corrected chi connectivity index (χ0v) is 8.22. The molecule has 1 fully saturated rings. The van der Waals surface area contributed by atoms with E-state index in [1.807, 2.05) is 13.2 Å². The summed E-state index contributed by atoms with van der Waals surface area (Å²) in [6.07, 6.45) is 6.48. The van der Waals surface area contributed by atoms with Crippen LogP contribution in [-0.2, 0) is 16.6 Å². The molecule has 0 N–H and O–H groups in total. The van der Waals surface area contributed by atoms with Gasteiger partial charge in [-0.1, -0.05) is 0 Å². The molecule has 0 aromatic carbocycles. The summed E-state index contributed by atoms with van der Waals surface area (Å²) in [6.45, 7) is 0.740. The van der Waals surface area contributed by atoms with Gasteiger partial charge in [-0.2, -0.15) is 5.10 Å². The van der Waals surface area contributed by atoms with E-state index in [-0.39, 0.29) is 12.0 Å². The Labute approximate surface area is 82.9 Å². The predicted molar refractivity (Wildman–Crippen MR) is 50.7 cm³/mol. The van der Waals surface area contributed by atoms with Crippen LogP contribution in [0.4, 0.5) is 0 Å². The lowest BCUT2D eigenvalue weighted by Crippen LogP contribution is -2.23. The van der Waals surface area contributed by atoms with E-state index in [2.05, 4.69) is 5.10 Å². The van der Waals surface area contributed by atoms with Crippen molar-refractivity contribution >= 4 is 6.29 Å². The first-order chi connectivity index (χ1) is 6.81. The van der Waals surface area contributed by atoms with E-state index in [9.17, 15) is 4.79 Å². The molecule has 2 unspecified atom stereocenters. The van der Waals surface area contributed by atoms with Crippen LogP contribution in [0.2, 0.25) is 0 Å². The van der Waals surface area contributed by atoms with Gasteiger partial charge >= 0.3 is 0 Å². The molecule has 0 amide bonds. The molecule has 1 aliphatic heterocycles. The summed E-state index contributed by atoms with van der Waals surface area (Å²) in [5.74, 6) is -0.00653. The second-order valence-electron chi connectivity index (χ2n) is 3.68. The van der Waals surface area contributed by atoms with Crippen molar-refractivity contribution in [2.24, 2.45) is 13.0 Å². The van der Waals surface area contributed by atoms with Gasteiger partial charge in [0.05, 0.1) is 12.3 Å². The van der Waals surface area contributed by atoms with E-state index >= 15 is 0 Å². The summed E-state index contributed by atoms with van der Waals surface area (Å²) in [4.78, 5) is 10.8. The molecule has 0 radical (unpaired) electrons. The molecule has 2 atom stereocenters. The highest BCUT2D eigenvalue weighted by Crippen LogP contribution is 2.31. The van der Waals surface area contributed by atoms with Crippen LogP contribution < -0.4 is 0 Å². The van der Waals surface area contributed by atoms with E-state index in [1.165, 1.54) is 0 Å². The quantitative estimate of drug-likeness (QED) is 0.662. The van der Waals surface area contributed by atoms with Gasteiger partial charge < -0.3 is 9.53 Å². The number of aromatic nitrogens is 2. The fourth-order valence-electron chi connectivity index (χ4n) is 1.87. The lowest BCUT2D eigenvalue weighted by atomic mass is 9.92. The topological polar surface area (TPSA) is 44.1 Å². The number of rotatable bonds is 2. The highest BCUT2D eigenvalue weighted by Gasteiger charge is 2.27. The number of hydrogen-bond donors (Lipinski definition) is 0. The van der Waals surface area contributed by atoms with Crippen molar-refractivity contribution in [2.75, 3.05) is 6.61 Å². The molecule has 2 heterocycles. The van der Waals surface area contributed by atoms with Crippen molar-refractivity contribution in [3.63, 3.8) is 0 Å². The minimum Gasteiger partial charge on any atom is -0.373 e. The largest absolute Gasteiger partial charge is 0.373 e. The fourth-order valence-corrected chi connectivity index (χ4v) is 1.87. The molecule has 4 heteroatoms. The molecule has 1 saturated heterocycles. The van der Waals surface area contributed by atoms with Crippen LogP contribution in [0, 0.1) is 5.92 Å². The average Bonchev–Trinajstić information content (AvgIpc) is 2.65. The van der Waals surface area contributed by atoms with Crippen LogP contribution in [0.3, 0.4) is 0 Å². The van der Waals surface area contributed by atoms with E-state index < -0.39 is 0 Å². The third-order valence-electron chi connectivity index (χ3n) is 2.60. The SMILES string of the molecule is Cn1cc(C2OCCCC2C=O)cn1. The molecule has 14 heavy (non-hydrogen) atoms. The monoisotopic (exact) mass is 194 g/mol. The third-order valence-corrected chi connectivity index (χ3v) is 2.60. The first-order valence-electron chi connectivity index (χ1n) is 4.86. The van der Waals surface area contributed by atoms with Gasteiger partial charge in [0.15, 0.2) is 0 Å². The number of ether oxygens (including phenoxy) is 1. The second kappa shape index (κ2) is 3.92. The minimum atomic E-state index is -0.0880. The molecule has 1 aliphatic rings. The van der Waals surface area contributed by atoms with Crippen LogP contribution in [0.1, 0.15) is 24.5 Å². The summed E-state index contributed by atoms with van der Waals surface area (Å²) in [7, 11) is 1.86. The van der Waals surface area contributed by atoms with Gasteiger partial charge in [0, 0.05) is 31.3 Å². The fraction of sp³-hybridized carbons (Fsp3) is 0.600. The van der Waals surface area contributed by atoms with Crippen LogP contribution >= 0.6 is 0 Å². The molecule has 4 nitrogen and oxygen atoms in total. The number of hydrogen-bond acceptors (Lipinski definition) is 3. The van der Waals surface area contributed by atoms with E-state index in [0.29, 0.717) is 0 Å². The number of aldehydes is 1. The number of carbonyl (C=O) groups is 1. The van der Waals surface area contributed by atoms with Crippen molar-refractivity contribution in [3.8, 4) is 0 Å². The summed E-state index contributed by atoms with van der Waals surface area (Å²) in [5, 5.41) is 4.08. The molecule has 0 bridgehead atoms. The lowest BCUT2D eigenvalue weighted by molar-refractivity contribution is -0.120. The van der Waals surface area contributed by atoms with E-state index in [0.717, 1.165) is 31.3 Å². The smallest absolute Gasteiger partial charge is 0.126 e. The Morgan fingerprint density at radius 1 is 1.71 bits per heavy atom. The molecule has 0 aliphatic carbocycles. The highest BCUT2D eigenvalue weighted by molar-refractivity contribution is 5.55. The molecule has 2 rings (SSSR count). The lowest BCUT2D eigenvalue weighted by Gasteiger charge is -2.27. The van der Waals surface area contributed by atoms with E-state index in [4.69, 9.17) is 4.74 Å². The maximum Gasteiger partial charge on any atom is 0.126 e. The highest BCUT2D eigenvalue weighted by atomic mass is 16.5. The van der Waals surface area contributed by atoms with Crippen LogP contribution in [0.25, 0.3) is 0 Å². The predicted octanol–water partition coefficient (Wildman–Crippen LogP) is 1.09. The van der Waals surface area contributed by atoms with Gasteiger partial charge in [0.1, 0.15) is 6.29 Å². The number of aryl methyl sites for hydroxylation is 1. The normalized spacial score (nSPS) is 27.5. The van der Waals surface area contributed by atoms with E-state index in [1.54, 1.807) is 10.9 Å². The molecule has 1 aromatic heterocycles. The zero-order valence-electron chi connectivity index (χ0n) is 8.22. The maximum atomic E-state index is 10.8. The summed E-state index contributed by atoms with van der Waals surface area (Å²) in [5.41, 5.74) is 1.00. The van der Waals surface area contributed by atoms with Gasteiger partial charge in [-0.15, -0.1) is 0 Å². The summed E-state index contributed by atoms with van der Waals surface area (Å²) < 4.78 is 7.33. The summed E-state index contributed by atoms with van der Waals surface area (Å²) >= 11 is 0. The van der Waals surface area contributed by atoms with Gasteiger partial charge in [0.25, 0.3) is 0 Å². The van der Waals surface area contributed by atoms with Crippen molar-refractivity contribution in [2.45, 2.75) is 18.9 Å². The van der Waals surface area contributed by atoms with Gasteiger partial charge in [-0.3, -0.25) is 4.68 Å². The van der Waals surface area contributed by atoms with Crippen molar-refractivity contribution < 1.29 is 9.53 Å². The first-order valence-corrected chi connectivity index (χ1v) is 4.86. The van der Waals surface area contributed by atoms with Crippen molar-refractivity contribution in [1.29, 1.82) is 0 Å². The molecule has 76 valence electrons. The maximum absolute atomic E-state index is 10.8. The Morgan fingerprint density at radius 2 is 2.57 bits per heavy atom. The van der Waals surface area contributed by atoms with Crippen molar-refractivity contribution in [1.82, 2.24) is 9.78 Å². The summed E-state index contributed by atoms with van der Waals surface area (Å²) in [6, 6.07) is 0. The Morgan fingerprint density at radius 3 is 3.21 bits per heavy atom. The second-order valence-corrected chi connectivity index (χ2v) is 3.68. The van der Waals surface area contributed by atoms with Crippen LogP contribution in [0.5, 0.6) is 0 Å². The number of carbonyl (C=O) groups excluding carboxylic acids is 1.